The van der Waals surface area contributed by atoms with Crippen LogP contribution < -0.4 is 5.32 Å². The van der Waals surface area contributed by atoms with Gasteiger partial charge in [-0.1, -0.05) is 84.9 Å². The van der Waals surface area contributed by atoms with Crippen molar-refractivity contribution in [2.24, 2.45) is 71.3 Å². The molecule has 0 radical (unpaired) electrons. The number of aromatic nitrogens is 1. The van der Waals surface area contributed by atoms with E-state index in [1.54, 1.807) is 0 Å². The molecule has 10 nitrogen and oxygen atoms in total. The second-order valence-electron chi connectivity index (χ2n) is 22.6. The van der Waals surface area contributed by atoms with Crippen LogP contribution in [0.4, 0.5) is 11.6 Å². The van der Waals surface area contributed by atoms with E-state index in [0.717, 1.165) is 127 Å². The lowest BCUT2D eigenvalue weighted by atomic mass is 9.50. The summed E-state index contributed by atoms with van der Waals surface area (Å²) >= 11 is 0. The highest BCUT2D eigenvalue weighted by Crippen LogP contribution is 2.63. The van der Waals surface area contributed by atoms with Crippen molar-refractivity contribution in [3.05, 3.63) is 118 Å². The standard InChI is InChI=1S/C54H54N8O2Si/c1-2-10-38-37(9-1)45-55-46(38)58-50-43-15-7-8-16-44(43)52-60-48-40-12-4-3-11-39(40)47(56-48)59-51-42-14-6-5-13-41(42)49(57-45)61(51)65(62(50)52,63-29-53-23-31-17-32(24-53)19-33(18-31)25-53)64-30-54-26-34-20-35(27-54)22-36(21-34)28-54/h1-3,5-11,13-16,31-36,49H,4,12,17-30H2,(H,55,57,58). The van der Waals surface area contributed by atoms with Crippen LogP contribution in [0.3, 0.4) is 0 Å². The third-order valence-corrected chi connectivity index (χ3v) is 21.4. The number of nitrogens with zero attached hydrogens (tertiary/aromatic N) is 7. The van der Waals surface area contributed by atoms with E-state index in [0.29, 0.717) is 19.0 Å². The minimum Gasteiger partial charge on any atom is -0.361 e. The molecular formula is C54H54N8O2Si. The minimum atomic E-state index is -4.11. The Morgan fingerprint density at radius 3 is 1.77 bits per heavy atom. The van der Waals surface area contributed by atoms with E-state index in [2.05, 4.69) is 99.1 Å². The van der Waals surface area contributed by atoms with Crippen LogP contribution in [0.5, 0.6) is 0 Å². The van der Waals surface area contributed by atoms with Gasteiger partial charge in [-0.2, -0.15) is 0 Å². The van der Waals surface area contributed by atoms with Gasteiger partial charge in [0.05, 0.1) is 0 Å². The first-order chi connectivity index (χ1) is 32.0. The van der Waals surface area contributed by atoms with E-state index in [1.165, 1.54) is 77.0 Å². The van der Waals surface area contributed by atoms with Crippen LogP contribution in [0, 0.1) is 46.3 Å². The summed E-state index contributed by atoms with van der Waals surface area (Å²) in [6.07, 6.45) is 21.7. The molecule has 11 heteroatoms. The van der Waals surface area contributed by atoms with Crippen LogP contribution in [0.15, 0.2) is 121 Å². The molecule has 0 amide bonds. The number of amidine groups is 5. The summed E-state index contributed by atoms with van der Waals surface area (Å²) in [5, 5.41) is 6.16. The van der Waals surface area contributed by atoms with Crippen molar-refractivity contribution in [1.29, 1.82) is 0 Å². The summed E-state index contributed by atoms with van der Waals surface area (Å²) in [7, 11) is -4.11. The summed E-state index contributed by atoms with van der Waals surface area (Å²) in [6, 6.07) is 26.2. The molecule has 5 aliphatic heterocycles. The Labute approximate surface area is 380 Å². The van der Waals surface area contributed by atoms with Gasteiger partial charge in [0, 0.05) is 57.4 Å². The molecule has 14 bridgehead atoms. The third kappa shape index (κ3) is 5.20. The molecule has 1 unspecified atom stereocenters. The van der Waals surface area contributed by atoms with Gasteiger partial charge in [0.15, 0.2) is 17.5 Å². The molecule has 65 heavy (non-hydrogen) atoms. The van der Waals surface area contributed by atoms with Crippen molar-refractivity contribution in [2.75, 3.05) is 13.2 Å². The summed E-state index contributed by atoms with van der Waals surface area (Å²) < 4.78 is 21.8. The van der Waals surface area contributed by atoms with Gasteiger partial charge in [0.2, 0.25) is 0 Å². The maximum absolute atomic E-state index is 8.41. The predicted octanol–water partition coefficient (Wildman–Crippen LogP) is 10.7. The van der Waals surface area contributed by atoms with E-state index in [-0.39, 0.29) is 10.8 Å². The van der Waals surface area contributed by atoms with E-state index in [4.69, 9.17) is 33.8 Å². The van der Waals surface area contributed by atoms with Gasteiger partial charge >= 0.3 is 8.88 Å². The fourth-order valence-electron chi connectivity index (χ4n) is 16.7. The maximum Gasteiger partial charge on any atom is 0.599 e. The molecule has 1 N–H and O–H groups in total. The number of benzene rings is 3. The zero-order valence-corrected chi connectivity index (χ0v) is 37.9. The Balaban J connectivity index is 1.02. The Morgan fingerprint density at radius 2 is 1.14 bits per heavy atom. The van der Waals surface area contributed by atoms with Gasteiger partial charge in [-0.3, -0.25) is 8.80 Å². The van der Waals surface area contributed by atoms with Crippen LogP contribution in [-0.4, -0.2) is 60.1 Å². The van der Waals surface area contributed by atoms with Gasteiger partial charge in [-0.05, 0) is 136 Å². The van der Waals surface area contributed by atoms with Gasteiger partial charge in [0.25, 0.3) is 0 Å². The number of aliphatic imine (C=N–C) groups is 5. The zero-order valence-electron chi connectivity index (χ0n) is 36.9. The molecule has 8 fully saturated rings. The third-order valence-electron chi connectivity index (χ3n) is 18.3. The molecule has 3 aromatic carbocycles. The fraction of sp³-hybridized carbons (Fsp3) is 0.463. The number of nitrogens with one attached hydrogen (secondary N) is 1. The predicted molar refractivity (Wildman–Crippen MR) is 256 cm³/mol. The SMILES string of the molecule is C1=CC2=C(CC1)C1=Nc3c4ccccc4c4n3[Si](OCC35CC6CC(CC(C6)C3)C5)(OCC35CC6CC(CC(C6)C3)C5)N3C(=NC2=N1)c1ccccc1C3NC1=NC(=N4)c2ccccc21. The van der Waals surface area contributed by atoms with Crippen LogP contribution in [0.2, 0.25) is 0 Å². The second kappa shape index (κ2) is 13.0. The maximum atomic E-state index is 8.41. The fourth-order valence-corrected chi connectivity index (χ4v) is 20.3. The lowest BCUT2D eigenvalue weighted by Crippen LogP contribution is -2.69. The molecule has 326 valence electrons. The van der Waals surface area contributed by atoms with Crippen LogP contribution in [-0.2, 0) is 8.85 Å². The van der Waals surface area contributed by atoms with Crippen molar-refractivity contribution in [2.45, 2.75) is 96.1 Å². The number of hydrogen-bond acceptors (Lipinski definition) is 9. The topological polar surface area (TPSA) is 100 Å². The summed E-state index contributed by atoms with van der Waals surface area (Å²) in [6.45, 7) is 1.30. The van der Waals surface area contributed by atoms with Crippen LogP contribution >= 0.6 is 0 Å². The largest absolute Gasteiger partial charge is 0.599 e. The monoisotopic (exact) mass is 874 g/mol. The van der Waals surface area contributed by atoms with Gasteiger partial charge < -0.3 is 14.2 Å². The first-order valence-electron chi connectivity index (χ1n) is 25.0. The van der Waals surface area contributed by atoms with Gasteiger partial charge in [-0.25, -0.2) is 25.0 Å². The smallest absolute Gasteiger partial charge is 0.361 e. The normalized spacial score (nSPS) is 36.8. The molecule has 1 atom stereocenters. The number of fused-ring (bicyclic) bond motifs is 13. The highest BCUT2D eigenvalue weighted by molar-refractivity contribution is 6.68. The number of rotatable bonds is 6. The average Bonchev–Trinajstić information content (AvgIpc) is 4.02. The van der Waals surface area contributed by atoms with Crippen molar-refractivity contribution in [1.82, 2.24) is 14.1 Å². The summed E-state index contributed by atoms with van der Waals surface area (Å²) in [4.78, 5) is 28.2. The summed E-state index contributed by atoms with van der Waals surface area (Å²) in [5.74, 6) is 10.2. The molecule has 0 saturated heterocycles. The van der Waals surface area contributed by atoms with Crippen LogP contribution in [0.25, 0.3) is 10.8 Å². The molecular weight excluding hydrogens is 821 g/mol. The molecule has 4 aromatic rings. The quantitative estimate of drug-likeness (QED) is 0.195. The minimum absolute atomic E-state index is 0.108. The molecule has 6 heterocycles. The molecule has 1 aromatic heterocycles. The van der Waals surface area contributed by atoms with E-state index in [9.17, 15) is 0 Å². The molecule has 8 saturated carbocycles. The van der Waals surface area contributed by atoms with Crippen LogP contribution in [0.1, 0.15) is 118 Å². The molecule has 18 rings (SSSR count). The molecule has 14 aliphatic rings. The van der Waals surface area contributed by atoms with Gasteiger partial charge in [0.1, 0.15) is 29.5 Å². The zero-order chi connectivity index (χ0) is 42.2. The Kier molecular flexibility index (Phi) is 7.39. The first-order valence-corrected chi connectivity index (χ1v) is 26.7. The average molecular weight is 875 g/mol. The lowest BCUT2D eigenvalue weighted by molar-refractivity contribution is -0.1000. The van der Waals surface area contributed by atoms with Crippen molar-refractivity contribution >= 4 is 60.5 Å². The lowest BCUT2D eigenvalue weighted by Gasteiger charge is -2.58. The van der Waals surface area contributed by atoms with Crippen molar-refractivity contribution < 1.29 is 8.85 Å². The number of allylic oxidation sites excluding steroid dienone is 1. The van der Waals surface area contributed by atoms with E-state index in [1.807, 2.05) is 0 Å². The second-order valence-corrected chi connectivity index (χ2v) is 25.2. The highest BCUT2D eigenvalue weighted by Gasteiger charge is 2.64. The molecule has 0 spiro atoms. The van der Waals surface area contributed by atoms with E-state index < -0.39 is 15.0 Å². The van der Waals surface area contributed by atoms with Crippen molar-refractivity contribution in [3.8, 4) is 0 Å². The summed E-state index contributed by atoms with van der Waals surface area (Å²) in [5.41, 5.74) is 6.71. The Hall–Kier alpha value is -5.23. The number of hydrogen-bond donors (Lipinski definition) is 1. The van der Waals surface area contributed by atoms with E-state index >= 15 is 0 Å². The molecule has 9 aliphatic carbocycles. The van der Waals surface area contributed by atoms with Gasteiger partial charge in [-0.15, -0.1) is 0 Å². The highest BCUT2D eigenvalue weighted by atomic mass is 28.4. The Morgan fingerprint density at radius 1 is 0.585 bits per heavy atom. The first kappa shape index (κ1) is 36.9. The Bertz CT molecular complexity index is 2920. The van der Waals surface area contributed by atoms with Crippen molar-refractivity contribution in [3.63, 3.8) is 0 Å².